The number of nitrogens with one attached hydrogen (secondary N) is 1. The van der Waals surface area contributed by atoms with Crippen LogP contribution in [0.25, 0.3) is 11.0 Å². The lowest BCUT2D eigenvalue weighted by Crippen LogP contribution is -2.51. The summed E-state index contributed by atoms with van der Waals surface area (Å²) in [5.41, 5.74) is -0.0400. The van der Waals surface area contributed by atoms with Crippen LogP contribution in [0.4, 0.5) is 18.9 Å². The summed E-state index contributed by atoms with van der Waals surface area (Å²) in [4.78, 5) is 41.1. The highest BCUT2D eigenvalue weighted by molar-refractivity contribution is 5.93. The predicted octanol–water partition coefficient (Wildman–Crippen LogP) is 2.14. The number of hydrogen-bond acceptors (Lipinski definition) is 4. The monoisotopic (exact) mass is 475 g/mol. The zero-order chi connectivity index (χ0) is 24.5. The fourth-order valence-corrected chi connectivity index (χ4v) is 4.14. The highest BCUT2D eigenvalue weighted by Gasteiger charge is 2.33. The highest BCUT2D eigenvalue weighted by atomic mass is 19.4. The van der Waals surface area contributed by atoms with Gasteiger partial charge in [-0.3, -0.25) is 23.6 Å². The SMILES string of the molecule is Cn1c(=O)n(CC(=O)N2CCN(CC(=O)Nc3ccccc3C(F)(F)F)CC2)c2ccccc21. The molecule has 0 spiro atoms. The predicted molar refractivity (Wildman–Crippen MR) is 120 cm³/mol. The number of aryl methyl sites for hydroxylation is 1. The molecule has 11 heteroatoms. The van der Waals surface area contributed by atoms with Gasteiger partial charge in [-0.05, 0) is 24.3 Å². The number of fused-ring (bicyclic) bond motifs is 1. The number of rotatable bonds is 5. The van der Waals surface area contributed by atoms with Gasteiger partial charge in [0.05, 0.1) is 28.8 Å². The Morgan fingerprint density at radius 2 is 1.53 bits per heavy atom. The summed E-state index contributed by atoms with van der Waals surface area (Å²) >= 11 is 0. The molecule has 1 aliphatic rings. The standard InChI is InChI=1S/C23H24F3N5O3/c1-28-18-8-4-5-9-19(18)31(22(28)34)15-21(33)30-12-10-29(11-13-30)14-20(32)27-17-7-3-2-6-16(17)23(24,25)26/h2-9H,10-15H2,1H3,(H,27,32). The number of anilines is 1. The third-order valence-corrected chi connectivity index (χ3v) is 5.94. The number of piperazine rings is 1. The Balaban J connectivity index is 1.33. The van der Waals surface area contributed by atoms with E-state index < -0.39 is 17.6 Å². The van der Waals surface area contributed by atoms with Crippen LogP contribution in [0, 0.1) is 0 Å². The highest BCUT2D eigenvalue weighted by Crippen LogP contribution is 2.34. The van der Waals surface area contributed by atoms with Gasteiger partial charge in [0.1, 0.15) is 6.54 Å². The molecule has 1 aromatic heterocycles. The first kappa shape index (κ1) is 23.6. The second-order valence-electron chi connectivity index (χ2n) is 8.16. The van der Waals surface area contributed by atoms with Crippen LogP contribution in [-0.4, -0.2) is 63.5 Å². The topological polar surface area (TPSA) is 79.6 Å². The largest absolute Gasteiger partial charge is 0.418 e. The first-order valence-electron chi connectivity index (χ1n) is 10.8. The van der Waals surface area contributed by atoms with Crippen LogP contribution in [0.3, 0.4) is 0 Å². The smallest absolute Gasteiger partial charge is 0.339 e. The molecule has 0 atom stereocenters. The molecule has 0 saturated carbocycles. The van der Waals surface area contributed by atoms with Gasteiger partial charge in [-0.25, -0.2) is 4.79 Å². The number of aromatic nitrogens is 2. The van der Waals surface area contributed by atoms with E-state index in [4.69, 9.17) is 0 Å². The number of halogens is 3. The van der Waals surface area contributed by atoms with Gasteiger partial charge in [0.15, 0.2) is 0 Å². The maximum Gasteiger partial charge on any atom is 0.418 e. The number of para-hydroxylation sites is 3. The molecular weight excluding hydrogens is 451 g/mol. The quantitative estimate of drug-likeness (QED) is 0.614. The normalized spacial score (nSPS) is 15.0. The van der Waals surface area contributed by atoms with Crippen molar-refractivity contribution in [2.24, 2.45) is 7.05 Å². The Labute approximate surface area is 193 Å². The van der Waals surface area contributed by atoms with E-state index in [0.29, 0.717) is 31.7 Å². The van der Waals surface area contributed by atoms with E-state index in [1.54, 1.807) is 29.0 Å². The molecule has 1 aliphatic heterocycles. The number of carbonyl (C=O) groups excluding carboxylic acids is 2. The number of amides is 2. The molecule has 34 heavy (non-hydrogen) atoms. The summed E-state index contributed by atoms with van der Waals surface area (Å²) < 4.78 is 42.3. The van der Waals surface area contributed by atoms with E-state index in [1.165, 1.54) is 27.3 Å². The van der Waals surface area contributed by atoms with Gasteiger partial charge < -0.3 is 10.2 Å². The number of hydrogen-bond donors (Lipinski definition) is 1. The van der Waals surface area contributed by atoms with Crippen molar-refractivity contribution in [3.8, 4) is 0 Å². The van der Waals surface area contributed by atoms with E-state index in [1.807, 2.05) is 12.1 Å². The van der Waals surface area contributed by atoms with E-state index in [0.717, 1.165) is 11.6 Å². The van der Waals surface area contributed by atoms with Crippen LogP contribution in [-0.2, 0) is 29.4 Å². The maximum atomic E-state index is 13.1. The van der Waals surface area contributed by atoms with Crippen molar-refractivity contribution in [2.75, 3.05) is 38.0 Å². The number of benzene rings is 2. The van der Waals surface area contributed by atoms with Gasteiger partial charge in [-0.2, -0.15) is 13.2 Å². The van der Waals surface area contributed by atoms with Crippen LogP contribution in [0.1, 0.15) is 5.56 Å². The molecule has 1 fully saturated rings. The second-order valence-corrected chi connectivity index (χ2v) is 8.16. The zero-order valence-corrected chi connectivity index (χ0v) is 18.5. The van der Waals surface area contributed by atoms with Crippen molar-refractivity contribution >= 4 is 28.5 Å². The first-order valence-corrected chi connectivity index (χ1v) is 10.8. The van der Waals surface area contributed by atoms with Gasteiger partial charge in [-0.1, -0.05) is 24.3 Å². The summed E-state index contributed by atoms with van der Waals surface area (Å²) in [5.74, 6) is -0.763. The Kier molecular flexibility index (Phi) is 6.47. The van der Waals surface area contributed by atoms with E-state index >= 15 is 0 Å². The van der Waals surface area contributed by atoms with E-state index in [2.05, 4.69) is 5.32 Å². The lowest BCUT2D eigenvalue weighted by molar-refractivity contribution is -0.137. The Morgan fingerprint density at radius 1 is 0.912 bits per heavy atom. The number of carbonyl (C=O) groups is 2. The molecule has 1 N–H and O–H groups in total. The Hall–Kier alpha value is -3.60. The minimum absolute atomic E-state index is 0.0863. The molecule has 180 valence electrons. The number of alkyl halides is 3. The van der Waals surface area contributed by atoms with Crippen molar-refractivity contribution in [3.05, 3.63) is 64.6 Å². The zero-order valence-electron chi connectivity index (χ0n) is 18.5. The molecule has 4 rings (SSSR count). The third-order valence-electron chi connectivity index (χ3n) is 5.94. The summed E-state index contributed by atoms with van der Waals surface area (Å²) in [7, 11) is 1.66. The summed E-state index contributed by atoms with van der Waals surface area (Å²) in [6.07, 6.45) is -4.57. The molecule has 0 aliphatic carbocycles. The maximum absolute atomic E-state index is 13.1. The summed E-state index contributed by atoms with van der Waals surface area (Å²) in [5, 5.41) is 2.34. The van der Waals surface area contributed by atoms with Crippen LogP contribution in [0.15, 0.2) is 53.3 Å². The molecule has 1 saturated heterocycles. The summed E-state index contributed by atoms with van der Waals surface area (Å²) in [6, 6.07) is 12.1. The molecule has 2 amide bonds. The minimum Gasteiger partial charge on any atom is -0.339 e. The summed E-state index contributed by atoms with van der Waals surface area (Å²) in [6.45, 7) is 1.32. The van der Waals surface area contributed by atoms with Crippen LogP contribution in [0.2, 0.25) is 0 Å². The van der Waals surface area contributed by atoms with Crippen LogP contribution < -0.4 is 11.0 Å². The minimum atomic E-state index is -4.57. The molecule has 8 nitrogen and oxygen atoms in total. The fourth-order valence-electron chi connectivity index (χ4n) is 4.14. The van der Waals surface area contributed by atoms with Crippen molar-refractivity contribution in [3.63, 3.8) is 0 Å². The second kappa shape index (κ2) is 9.34. The molecule has 0 bridgehead atoms. The van der Waals surface area contributed by atoms with Gasteiger partial charge in [0.25, 0.3) is 0 Å². The Morgan fingerprint density at radius 3 is 2.21 bits per heavy atom. The van der Waals surface area contributed by atoms with Gasteiger partial charge in [0.2, 0.25) is 11.8 Å². The lowest BCUT2D eigenvalue weighted by atomic mass is 10.1. The van der Waals surface area contributed by atoms with E-state index in [-0.39, 0.29) is 30.4 Å². The van der Waals surface area contributed by atoms with Crippen LogP contribution in [0.5, 0.6) is 0 Å². The lowest BCUT2D eigenvalue weighted by Gasteiger charge is -2.34. The Bertz CT molecular complexity index is 1270. The molecule has 2 heterocycles. The van der Waals surface area contributed by atoms with E-state index in [9.17, 15) is 27.6 Å². The van der Waals surface area contributed by atoms with Crippen molar-refractivity contribution in [1.82, 2.24) is 18.9 Å². The average Bonchev–Trinajstić information content (AvgIpc) is 3.04. The van der Waals surface area contributed by atoms with Crippen molar-refractivity contribution in [2.45, 2.75) is 12.7 Å². The number of nitrogens with zero attached hydrogens (tertiary/aromatic N) is 4. The van der Waals surface area contributed by atoms with Gasteiger partial charge in [-0.15, -0.1) is 0 Å². The third kappa shape index (κ3) is 4.84. The molecule has 0 radical (unpaired) electrons. The van der Waals surface area contributed by atoms with Crippen molar-refractivity contribution in [1.29, 1.82) is 0 Å². The van der Waals surface area contributed by atoms with Crippen molar-refractivity contribution < 1.29 is 22.8 Å². The van der Waals surface area contributed by atoms with Gasteiger partial charge >= 0.3 is 11.9 Å². The fraction of sp³-hybridized carbons (Fsp3) is 0.348. The average molecular weight is 475 g/mol. The molecule has 2 aromatic carbocycles. The first-order chi connectivity index (χ1) is 16.1. The van der Waals surface area contributed by atoms with Gasteiger partial charge in [0, 0.05) is 33.2 Å². The molecule has 0 unspecified atom stereocenters. The van der Waals surface area contributed by atoms with Crippen LogP contribution >= 0.6 is 0 Å². The molecule has 3 aromatic rings. The molecular formula is C23H24F3N5O3. The number of imidazole rings is 1.